The summed E-state index contributed by atoms with van der Waals surface area (Å²) >= 11 is 0. The van der Waals surface area contributed by atoms with Gasteiger partial charge in [-0.05, 0) is 63.4 Å². The minimum Gasteiger partial charge on any atom is -0.384 e. The predicted molar refractivity (Wildman–Crippen MR) is 130 cm³/mol. The van der Waals surface area contributed by atoms with Gasteiger partial charge in [0.25, 0.3) is 5.91 Å². The van der Waals surface area contributed by atoms with Crippen LogP contribution >= 0.6 is 0 Å². The summed E-state index contributed by atoms with van der Waals surface area (Å²) in [7, 11) is 4.00. The highest BCUT2D eigenvalue weighted by atomic mass is 16.3. The number of aliphatic hydroxyl groups is 1. The average Bonchev–Trinajstić information content (AvgIpc) is 3.56. The SMILES string of the molecule is Cc1ccc2c(c1)c1c(n2CC(C)(O)c2ccc(C(=O)N(C)CC3CC3)nc2)CCN(C)C1. The van der Waals surface area contributed by atoms with Gasteiger partial charge in [0, 0.05) is 61.5 Å². The Balaban J connectivity index is 1.43. The van der Waals surface area contributed by atoms with E-state index in [0.717, 1.165) is 31.6 Å². The molecule has 6 nitrogen and oxygen atoms in total. The molecule has 6 heteroatoms. The number of benzene rings is 1. The lowest BCUT2D eigenvalue weighted by molar-refractivity contribution is 0.0380. The Morgan fingerprint density at radius 3 is 2.76 bits per heavy atom. The fraction of sp³-hybridized carbons (Fsp3) is 0.481. The zero-order valence-electron chi connectivity index (χ0n) is 20.1. The summed E-state index contributed by atoms with van der Waals surface area (Å²) in [5, 5.41) is 12.8. The zero-order chi connectivity index (χ0) is 23.3. The Morgan fingerprint density at radius 2 is 2.06 bits per heavy atom. The van der Waals surface area contributed by atoms with E-state index in [9.17, 15) is 9.90 Å². The van der Waals surface area contributed by atoms with Gasteiger partial charge in [0.1, 0.15) is 11.3 Å². The Morgan fingerprint density at radius 1 is 1.27 bits per heavy atom. The molecule has 174 valence electrons. The Hall–Kier alpha value is -2.70. The monoisotopic (exact) mass is 446 g/mol. The molecular weight excluding hydrogens is 412 g/mol. The van der Waals surface area contributed by atoms with Crippen LogP contribution in [0, 0.1) is 12.8 Å². The molecule has 1 aliphatic heterocycles. The predicted octanol–water partition coefficient (Wildman–Crippen LogP) is 3.72. The maximum atomic E-state index is 12.7. The van der Waals surface area contributed by atoms with Crippen molar-refractivity contribution in [2.45, 2.75) is 51.8 Å². The van der Waals surface area contributed by atoms with Crippen molar-refractivity contribution in [1.29, 1.82) is 0 Å². The number of fused-ring (bicyclic) bond motifs is 3. The first-order valence-corrected chi connectivity index (χ1v) is 12.0. The molecule has 2 aliphatic rings. The molecule has 1 saturated carbocycles. The van der Waals surface area contributed by atoms with Crippen LogP contribution in [0.15, 0.2) is 36.5 Å². The van der Waals surface area contributed by atoms with Crippen LogP contribution < -0.4 is 0 Å². The second kappa shape index (κ2) is 8.26. The largest absolute Gasteiger partial charge is 0.384 e. The molecule has 1 aromatic carbocycles. The number of hydrogen-bond acceptors (Lipinski definition) is 4. The first kappa shape index (κ1) is 22.1. The average molecular weight is 447 g/mol. The minimum atomic E-state index is -1.11. The molecule has 33 heavy (non-hydrogen) atoms. The molecule has 3 heterocycles. The molecule has 1 aliphatic carbocycles. The fourth-order valence-corrected chi connectivity index (χ4v) is 5.08. The fourth-order valence-electron chi connectivity index (χ4n) is 5.08. The highest BCUT2D eigenvalue weighted by Gasteiger charge is 2.30. The maximum absolute atomic E-state index is 12.7. The van der Waals surface area contributed by atoms with Gasteiger partial charge in [0.2, 0.25) is 0 Å². The molecule has 1 atom stereocenters. The van der Waals surface area contributed by atoms with Gasteiger partial charge in [0.05, 0.1) is 6.54 Å². The number of hydrogen-bond donors (Lipinski definition) is 1. The second-order valence-corrected chi connectivity index (χ2v) is 10.4. The van der Waals surface area contributed by atoms with Crippen molar-refractivity contribution in [3.63, 3.8) is 0 Å². The molecular formula is C27H34N4O2. The van der Waals surface area contributed by atoms with Crippen LogP contribution in [-0.4, -0.2) is 57.5 Å². The highest BCUT2D eigenvalue weighted by molar-refractivity contribution is 5.92. The lowest BCUT2D eigenvalue weighted by Gasteiger charge is -2.29. The van der Waals surface area contributed by atoms with Crippen molar-refractivity contribution in [2.75, 3.05) is 27.2 Å². The van der Waals surface area contributed by atoms with Crippen LogP contribution in [-0.2, 0) is 25.1 Å². The summed E-state index contributed by atoms with van der Waals surface area (Å²) in [6.45, 7) is 7.14. The molecule has 1 amide bonds. The van der Waals surface area contributed by atoms with Gasteiger partial charge in [-0.1, -0.05) is 17.7 Å². The molecule has 0 radical (unpaired) electrons. The van der Waals surface area contributed by atoms with Crippen molar-refractivity contribution >= 4 is 16.8 Å². The summed E-state index contributed by atoms with van der Waals surface area (Å²) in [4.78, 5) is 21.2. The van der Waals surface area contributed by atoms with E-state index in [1.54, 1.807) is 17.2 Å². The quantitative estimate of drug-likeness (QED) is 0.627. The summed E-state index contributed by atoms with van der Waals surface area (Å²) < 4.78 is 2.29. The minimum absolute atomic E-state index is 0.0574. The lowest BCUT2D eigenvalue weighted by Crippen LogP contribution is -2.32. The van der Waals surface area contributed by atoms with Crippen LogP contribution in [0.3, 0.4) is 0 Å². The lowest BCUT2D eigenvalue weighted by atomic mass is 9.97. The Kier molecular flexibility index (Phi) is 5.53. The van der Waals surface area contributed by atoms with E-state index in [-0.39, 0.29) is 5.91 Å². The van der Waals surface area contributed by atoms with Gasteiger partial charge in [-0.25, -0.2) is 0 Å². The third kappa shape index (κ3) is 4.30. The molecule has 0 saturated heterocycles. The summed E-state index contributed by atoms with van der Waals surface area (Å²) in [5.41, 5.74) is 5.15. The number of carbonyl (C=O) groups is 1. The van der Waals surface area contributed by atoms with Crippen LogP contribution in [0.25, 0.3) is 10.9 Å². The van der Waals surface area contributed by atoms with Crippen molar-refractivity contribution in [1.82, 2.24) is 19.4 Å². The summed E-state index contributed by atoms with van der Waals surface area (Å²) in [6.07, 6.45) is 5.05. The van der Waals surface area contributed by atoms with E-state index < -0.39 is 5.60 Å². The molecule has 1 unspecified atom stereocenters. The highest BCUT2D eigenvalue weighted by Crippen LogP contribution is 2.34. The normalized spacial score (nSPS) is 18.2. The van der Waals surface area contributed by atoms with Gasteiger partial charge in [-0.2, -0.15) is 0 Å². The van der Waals surface area contributed by atoms with Gasteiger partial charge in [-0.3, -0.25) is 9.78 Å². The van der Waals surface area contributed by atoms with E-state index in [1.807, 2.05) is 20.0 Å². The number of carbonyl (C=O) groups excluding carboxylic acids is 1. The molecule has 5 rings (SSSR count). The topological polar surface area (TPSA) is 61.6 Å². The number of pyridine rings is 1. The van der Waals surface area contributed by atoms with Crippen LogP contribution in [0.4, 0.5) is 0 Å². The first-order chi connectivity index (χ1) is 15.7. The van der Waals surface area contributed by atoms with Gasteiger partial charge in [-0.15, -0.1) is 0 Å². The van der Waals surface area contributed by atoms with Crippen molar-refractivity contribution in [3.05, 3.63) is 64.6 Å². The van der Waals surface area contributed by atoms with E-state index in [0.29, 0.717) is 18.2 Å². The third-order valence-corrected chi connectivity index (χ3v) is 7.25. The van der Waals surface area contributed by atoms with Crippen LogP contribution in [0.2, 0.25) is 0 Å². The maximum Gasteiger partial charge on any atom is 0.272 e. The molecule has 1 fully saturated rings. The zero-order valence-corrected chi connectivity index (χ0v) is 20.1. The van der Waals surface area contributed by atoms with Crippen LogP contribution in [0.1, 0.15) is 52.6 Å². The number of rotatable bonds is 6. The van der Waals surface area contributed by atoms with Gasteiger partial charge in [0.15, 0.2) is 0 Å². The van der Waals surface area contributed by atoms with Crippen molar-refractivity contribution in [2.24, 2.45) is 5.92 Å². The number of nitrogens with zero attached hydrogens (tertiary/aromatic N) is 4. The molecule has 1 N–H and O–H groups in total. The Labute approximate surface area is 195 Å². The van der Waals surface area contributed by atoms with Gasteiger partial charge >= 0.3 is 0 Å². The third-order valence-electron chi connectivity index (χ3n) is 7.25. The second-order valence-electron chi connectivity index (χ2n) is 10.4. The molecule has 3 aromatic rings. The van der Waals surface area contributed by atoms with Crippen LogP contribution in [0.5, 0.6) is 0 Å². The van der Waals surface area contributed by atoms with Gasteiger partial charge < -0.3 is 19.5 Å². The van der Waals surface area contributed by atoms with E-state index in [2.05, 4.69) is 46.6 Å². The van der Waals surface area contributed by atoms with E-state index in [4.69, 9.17) is 0 Å². The number of likely N-dealkylation sites (N-methyl/N-ethyl adjacent to an activating group) is 1. The van der Waals surface area contributed by atoms with Crippen molar-refractivity contribution < 1.29 is 9.90 Å². The smallest absolute Gasteiger partial charge is 0.272 e. The summed E-state index contributed by atoms with van der Waals surface area (Å²) in [6, 6.07) is 10.2. The van der Waals surface area contributed by atoms with Crippen molar-refractivity contribution in [3.8, 4) is 0 Å². The number of aryl methyl sites for hydroxylation is 1. The molecule has 2 aromatic heterocycles. The standard InChI is InChI=1S/C27H34N4O2/c1-18-5-10-24-21(13-18)22-16-29(3)12-11-25(22)31(24)17-27(2,33)20-8-9-23(28-14-20)26(32)30(4)15-19-6-7-19/h5,8-10,13-14,19,33H,6-7,11-12,15-17H2,1-4H3. The molecule has 0 bridgehead atoms. The van der Waals surface area contributed by atoms with E-state index in [1.165, 1.54) is 40.6 Å². The number of amides is 1. The Bertz CT molecular complexity index is 1190. The van der Waals surface area contributed by atoms with E-state index >= 15 is 0 Å². The summed E-state index contributed by atoms with van der Waals surface area (Å²) in [5.74, 6) is 0.586. The number of aromatic nitrogens is 2. The molecule has 0 spiro atoms. The first-order valence-electron chi connectivity index (χ1n) is 12.0.